The zero-order valence-corrected chi connectivity index (χ0v) is 16.6. The number of Topliss-reactive ketones (excluding diaryl/α,β-unsaturated/α-hetero) is 1. The molecule has 0 aliphatic rings. The first kappa shape index (κ1) is 18.8. The molecule has 4 rings (SSSR count). The minimum absolute atomic E-state index is 0.0375. The Morgan fingerprint density at radius 2 is 1.59 bits per heavy atom. The molecule has 4 aromatic rings. The highest BCUT2D eigenvalue weighted by Gasteiger charge is 2.15. The molecule has 0 radical (unpaired) electrons. The molecule has 0 unspecified atom stereocenters. The Hall–Kier alpha value is -3.51. The minimum atomic E-state index is -0.200. The van der Waals surface area contributed by atoms with Crippen molar-refractivity contribution in [3.05, 3.63) is 94.3 Å². The van der Waals surface area contributed by atoms with Gasteiger partial charge in [0.1, 0.15) is 0 Å². The summed E-state index contributed by atoms with van der Waals surface area (Å²) in [4.78, 5) is 25.1. The van der Waals surface area contributed by atoms with E-state index < -0.39 is 0 Å². The van der Waals surface area contributed by atoms with E-state index in [1.807, 2.05) is 71.5 Å². The molecule has 0 fully saturated rings. The molecule has 0 spiro atoms. The van der Waals surface area contributed by atoms with E-state index in [0.29, 0.717) is 16.3 Å². The number of thiophene rings is 1. The molecule has 1 amide bonds. The Kier molecular flexibility index (Phi) is 5.35. The van der Waals surface area contributed by atoms with E-state index in [9.17, 15) is 9.59 Å². The molecule has 29 heavy (non-hydrogen) atoms. The van der Waals surface area contributed by atoms with E-state index >= 15 is 0 Å². The Balaban J connectivity index is 1.60. The molecule has 144 valence electrons. The van der Waals surface area contributed by atoms with Crippen molar-refractivity contribution < 1.29 is 9.59 Å². The Morgan fingerprint density at radius 3 is 2.24 bits per heavy atom. The fraction of sp³-hybridized carbons (Fsp3) is 0.0870. The van der Waals surface area contributed by atoms with Gasteiger partial charge in [0.15, 0.2) is 5.78 Å². The standard InChI is InChI=1S/C23H19N3O2S/c1-16(27)20-12-13-21(29-20)23(28)24-14-18-15-26(19-10-6-3-7-11-19)25-22(18)17-8-4-2-5-9-17/h2-13,15H,14H2,1H3,(H,24,28). The van der Waals surface area contributed by atoms with Crippen LogP contribution in [0.5, 0.6) is 0 Å². The van der Waals surface area contributed by atoms with Crippen molar-refractivity contribution >= 4 is 23.0 Å². The first-order valence-corrected chi connectivity index (χ1v) is 10.0. The minimum Gasteiger partial charge on any atom is -0.347 e. The number of hydrogen-bond donors (Lipinski definition) is 1. The van der Waals surface area contributed by atoms with Crippen molar-refractivity contribution in [2.75, 3.05) is 0 Å². The van der Waals surface area contributed by atoms with Crippen molar-refractivity contribution in [1.82, 2.24) is 15.1 Å². The molecule has 5 nitrogen and oxygen atoms in total. The van der Waals surface area contributed by atoms with Gasteiger partial charge in [0.2, 0.25) is 0 Å². The van der Waals surface area contributed by atoms with E-state index in [4.69, 9.17) is 5.10 Å². The summed E-state index contributed by atoms with van der Waals surface area (Å²) in [5, 5.41) is 7.70. The van der Waals surface area contributed by atoms with Crippen LogP contribution < -0.4 is 5.32 Å². The maximum atomic E-state index is 12.5. The van der Waals surface area contributed by atoms with Crippen LogP contribution in [0, 0.1) is 0 Å². The fourth-order valence-corrected chi connectivity index (χ4v) is 3.82. The lowest BCUT2D eigenvalue weighted by Gasteiger charge is -2.04. The smallest absolute Gasteiger partial charge is 0.261 e. The number of para-hydroxylation sites is 1. The predicted molar refractivity (Wildman–Crippen MR) is 114 cm³/mol. The monoisotopic (exact) mass is 401 g/mol. The molecule has 0 aliphatic carbocycles. The van der Waals surface area contributed by atoms with Gasteiger partial charge in [-0.15, -0.1) is 11.3 Å². The first-order chi connectivity index (χ1) is 14.1. The van der Waals surface area contributed by atoms with Crippen LogP contribution in [0.25, 0.3) is 16.9 Å². The Labute approximate surface area is 172 Å². The van der Waals surface area contributed by atoms with Crippen LogP contribution in [0.2, 0.25) is 0 Å². The number of benzene rings is 2. The van der Waals surface area contributed by atoms with Gasteiger partial charge in [-0.05, 0) is 31.2 Å². The summed E-state index contributed by atoms with van der Waals surface area (Å²) in [6.45, 7) is 1.83. The van der Waals surface area contributed by atoms with Crippen molar-refractivity contribution in [2.45, 2.75) is 13.5 Å². The number of nitrogens with one attached hydrogen (secondary N) is 1. The van der Waals surface area contributed by atoms with Crippen LogP contribution in [0.3, 0.4) is 0 Å². The third-order valence-corrected chi connectivity index (χ3v) is 5.66. The summed E-state index contributed by atoms with van der Waals surface area (Å²) in [7, 11) is 0. The summed E-state index contributed by atoms with van der Waals surface area (Å²) in [6.07, 6.45) is 1.94. The van der Waals surface area contributed by atoms with Gasteiger partial charge < -0.3 is 5.32 Å². The molecule has 0 aliphatic heterocycles. The second-order valence-electron chi connectivity index (χ2n) is 6.55. The normalized spacial score (nSPS) is 10.7. The largest absolute Gasteiger partial charge is 0.347 e. The van der Waals surface area contributed by atoms with Crippen molar-refractivity contribution in [1.29, 1.82) is 0 Å². The van der Waals surface area contributed by atoms with Gasteiger partial charge in [-0.2, -0.15) is 5.10 Å². The maximum Gasteiger partial charge on any atom is 0.261 e. The first-order valence-electron chi connectivity index (χ1n) is 9.20. The highest BCUT2D eigenvalue weighted by atomic mass is 32.1. The molecule has 6 heteroatoms. The van der Waals surface area contributed by atoms with E-state index in [2.05, 4.69) is 5.32 Å². The number of carbonyl (C=O) groups is 2. The highest BCUT2D eigenvalue weighted by Crippen LogP contribution is 2.24. The van der Waals surface area contributed by atoms with Crippen molar-refractivity contribution in [3.63, 3.8) is 0 Å². The summed E-state index contributed by atoms with van der Waals surface area (Å²) < 4.78 is 1.82. The van der Waals surface area contributed by atoms with Crippen LogP contribution in [-0.4, -0.2) is 21.5 Å². The SMILES string of the molecule is CC(=O)c1ccc(C(=O)NCc2cn(-c3ccccc3)nc2-c2ccccc2)s1. The summed E-state index contributed by atoms with van der Waals surface area (Å²) in [5.41, 5.74) is 3.68. The molecule has 0 atom stereocenters. The quantitative estimate of drug-likeness (QED) is 0.475. The van der Waals surface area contributed by atoms with Crippen LogP contribution in [0.15, 0.2) is 79.0 Å². The molecular formula is C23H19N3O2S. The lowest BCUT2D eigenvalue weighted by Crippen LogP contribution is -2.21. The van der Waals surface area contributed by atoms with Crippen LogP contribution in [0.1, 0.15) is 31.8 Å². The number of ketones is 1. The van der Waals surface area contributed by atoms with Crippen LogP contribution in [-0.2, 0) is 6.54 Å². The Morgan fingerprint density at radius 1 is 0.931 bits per heavy atom. The summed E-state index contributed by atoms with van der Waals surface area (Å²) in [5.74, 6) is -0.237. The lowest BCUT2D eigenvalue weighted by atomic mass is 10.1. The van der Waals surface area contributed by atoms with Crippen molar-refractivity contribution in [2.24, 2.45) is 0 Å². The molecule has 0 saturated carbocycles. The summed E-state index contributed by atoms with van der Waals surface area (Å²) >= 11 is 1.20. The van der Waals surface area contributed by atoms with Crippen LogP contribution >= 0.6 is 11.3 Å². The van der Waals surface area contributed by atoms with E-state index in [0.717, 1.165) is 22.5 Å². The second-order valence-corrected chi connectivity index (χ2v) is 7.64. The molecule has 0 saturated heterocycles. The zero-order chi connectivity index (χ0) is 20.2. The summed E-state index contributed by atoms with van der Waals surface area (Å²) in [6, 6.07) is 23.1. The molecule has 2 heterocycles. The van der Waals surface area contributed by atoms with E-state index in [1.165, 1.54) is 18.3 Å². The second kappa shape index (κ2) is 8.24. The van der Waals surface area contributed by atoms with E-state index in [-0.39, 0.29) is 11.7 Å². The number of aromatic nitrogens is 2. The molecular weight excluding hydrogens is 382 g/mol. The van der Waals surface area contributed by atoms with Gasteiger partial charge >= 0.3 is 0 Å². The average Bonchev–Trinajstić information content (AvgIpc) is 3.41. The predicted octanol–water partition coefficient (Wildman–Crippen LogP) is 4.73. The Bertz CT molecular complexity index is 1150. The maximum absolute atomic E-state index is 12.5. The molecule has 2 aromatic heterocycles. The van der Waals surface area contributed by atoms with Crippen LogP contribution in [0.4, 0.5) is 0 Å². The molecule has 2 aromatic carbocycles. The lowest BCUT2D eigenvalue weighted by molar-refractivity contribution is 0.0954. The van der Waals surface area contributed by atoms with Gasteiger partial charge in [0.25, 0.3) is 5.91 Å². The number of amides is 1. The number of rotatable bonds is 6. The third kappa shape index (κ3) is 4.17. The highest BCUT2D eigenvalue weighted by molar-refractivity contribution is 7.15. The number of nitrogens with zero attached hydrogens (tertiary/aromatic N) is 2. The van der Waals surface area contributed by atoms with E-state index in [1.54, 1.807) is 12.1 Å². The van der Waals surface area contributed by atoms with Crippen molar-refractivity contribution in [3.8, 4) is 16.9 Å². The fourth-order valence-electron chi connectivity index (χ4n) is 3.00. The third-order valence-electron chi connectivity index (χ3n) is 4.47. The molecule has 1 N–H and O–H groups in total. The topological polar surface area (TPSA) is 64.0 Å². The zero-order valence-electron chi connectivity index (χ0n) is 15.8. The van der Waals surface area contributed by atoms with Gasteiger partial charge in [-0.3, -0.25) is 9.59 Å². The van der Waals surface area contributed by atoms with Gasteiger partial charge in [-0.25, -0.2) is 4.68 Å². The number of hydrogen-bond acceptors (Lipinski definition) is 4. The average molecular weight is 401 g/mol. The van der Waals surface area contributed by atoms with Gasteiger partial charge in [0.05, 0.1) is 21.1 Å². The molecule has 0 bridgehead atoms. The van der Waals surface area contributed by atoms with Gasteiger partial charge in [-0.1, -0.05) is 48.5 Å². The van der Waals surface area contributed by atoms with Gasteiger partial charge in [0, 0.05) is 23.9 Å². The number of carbonyl (C=O) groups excluding carboxylic acids is 2.